The van der Waals surface area contributed by atoms with Crippen LogP contribution in [0.3, 0.4) is 0 Å². The smallest absolute Gasteiger partial charge is 0.309 e. The van der Waals surface area contributed by atoms with Crippen molar-refractivity contribution in [1.82, 2.24) is 0 Å². The molecule has 0 bridgehead atoms. The molecule has 0 amide bonds. The van der Waals surface area contributed by atoms with Gasteiger partial charge in [0.15, 0.2) is 0 Å². The first-order valence-corrected chi connectivity index (χ1v) is 11.1. The maximum atomic E-state index is 12.7. The highest BCUT2D eigenvalue weighted by Gasteiger charge is 2.23. The molecule has 0 saturated heterocycles. The van der Waals surface area contributed by atoms with E-state index in [2.05, 4.69) is 27.7 Å². The molecule has 0 aliphatic rings. The van der Waals surface area contributed by atoms with Gasteiger partial charge in [-0.15, -0.1) is 0 Å². The molecule has 0 aliphatic carbocycles. The van der Waals surface area contributed by atoms with Crippen molar-refractivity contribution in [3.8, 4) is 0 Å². The zero-order chi connectivity index (χ0) is 16.7. The molecule has 0 fully saturated rings. The molecule has 0 heterocycles. The third kappa shape index (κ3) is 13.8. The zero-order valence-corrected chi connectivity index (χ0v) is 16.3. The molecular formula is C18H39O3P. The Morgan fingerprint density at radius 1 is 0.773 bits per heavy atom. The molecule has 0 spiro atoms. The highest BCUT2D eigenvalue weighted by atomic mass is 31.2. The van der Waals surface area contributed by atoms with Crippen molar-refractivity contribution < 1.29 is 13.6 Å². The third-order valence-electron chi connectivity index (χ3n) is 3.79. The summed E-state index contributed by atoms with van der Waals surface area (Å²) in [5, 5.41) is 0. The van der Waals surface area contributed by atoms with Crippen LogP contribution in [0.2, 0.25) is 0 Å². The summed E-state index contributed by atoms with van der Waals surface area (Å²) in [4.78, 5) is 0. The van der Waals surface area contributed by atoms with Gasteiger partial charge in [0.25, 0.3) is 0 Å². The van der Waals surface area contributed by atoms with Crippen molar-refractivity contribution in [2.45, 2.75) is 91.9 Å². The fourth-order valence-corrected chi connectivity index (χ4v) is 4.15. The van der Waals surface area contributed by atoms with Gasteiger partial charge in [0, 0.05) is 0 Å². The van der Waals surface area contributed by atoms with Crippen molar-refractivity contribution in [1.29, 1.82) is 0 Å². The quantitative estimate of drug-likeness (QED) is 0.230. The summed E-state index contributed by atoms with van der Waals surface area (Å²) in [5.41, 5.74) is 0. The summed E-state index contributed by atoms with van der Waals surface area (Å²) in [6.45, 7) is 9.88. The minimum Gasteiger partial charge on any atom is -0.309 e. The molecular weight excluding hydrogens is 295 g/mol. The maximum Gasteiger partial charge on any atom is 0.330 e. The summed E-state index contributed by atoms with van der Waals surface area (Å²) >= 11 is 0. The summed E-state index contributed by atoms with van der Waals surface area (Å²) in [6.07, 6.45) is 11.9. The molecule has 0 aromatic heterocycles. The Morgan fingerprint density at radius 2 is 1.32 bits per heavy atom. The summed E-state index contributed by atoms with van der Waals surface area (Å²) in [5.74, 6) is 0.669. The lowest BCUT2D eigenvalue weighted by molar-refractivity contribution is 0.195. The summed E-state index contributed by atoms with van der Waals surface area (Å²) in [7, 11) is -2.86. The van der Waals surface area contributed by atoms with E-state index in [0.29, 0.717) is 25.3 Å². The van der Waals surface area contributed by atoms with Crippen molar-refractivity contribution in [2.24, 2.45) is 5.92 Å². The van der Waals surface area contributed by atoms with Gasteiger partial charge in [-0.3, -0.25) is 4.57 Å². The molecule has 0 rings (SSSR count). The van der Waals surface area contributed by atoms with Crippen LogP contribution in [0.4, 0.5) is 0 Å². The predicted molar refractivity (Wildman–Crippen MR) is 96.7 cm³/mol. The van der Waals surface area contributed by atoms with Gasteiger partial charge in [-0.1, -0.05) is 66.2 Å². The van der Waals surface area contributed by atoms with Crippen LogP contribution < -0.4 is 0 Å². The lowest BCUT2D eigenvalue weighted by Crippen LogP contribution is -2.04. The van der Waals surface area contributed by atoms with Crippen LogP contribution in [0.5, 0.6) is 0 Å². The van der Waals surface area contributed by atoms with E-state index in [0.717, 1.165) is 32.1 Å². The predicted octanol–water partition coefficient (Wildman–Crippen LogP) is 6.81. The van der Waals surface area contributed by atoms with E-state index in [1.165, 1.54) is 32.1 Å². The highest BCUT2D eigenvalue weighted by molar-refractivity contribution is 7.53. The third-order valence-corrected chi connectivity index (χ3v) is 5.80. The number of hydrogen-bond acceptors (Lipinski definition) is 3. The minimum absolute atomic E-state index is 0.565. The van der Waals surface area contributed by atoms with E-state index in [9.17, 15) is 4.57 Å². The number of hydrogen-bond donors (Lipinski definition) is 0. The van der Waals surface area contributed by atoms with Gasteiger partial charge in [-0.25, -0.2) is 0 Å². The Hall–Kier alpha value is 0.150. The Kier molecular flexibility index (Phi) is 14.8. The zero-order valence-electron chi connectivity index (χ0n) is 15.4. The first kappa shape index (κ1) is 22.1. The molecule has 0 aromatic carbocycles. The molecule has 1 atom stereocenters. The van der Waals surface area contributed by atoms with Gasteiger partial charge >= 0.3 is 7.60 Å². The van der Waals surface area contributed by atoms with Crippen LogP contribution >= 0.6 is 7.60 Å². The molecule has 4 heteroatoms. The molecule has 0 aliphatic heterocycles. The first-order chi connectivity index (χ1) is 10.5. The van der Waals surface area contributed by atoms with Crippen molar-refractivity contribution in [2.75, 3.05) is 19.4 Å². The molecule has 134 valence electrons. The van der Waals surface area contributed by atoms with Gasteiger partial charge < -0.3 is 9.05 Å². The molecule has 0 radical (unpaired) electrons. The van der Waals surface area contributed by atoms with E-state index in [1.807, 2.05) is 0 Å². The molecule has 1 unspecified atom stereocenters. The minimum atomic E-state index is -2.86. The highest BCUT2D eigenvalue weighted by Crippen LogP contribution is 2.49. The van der Waals surface area contributed by atoms with Crippen LogP contribution in [0.25, 0.3) is 0 Å². The van der Waals surface area contributed by atoms with E-state index in [-0.39, 0.29) is 0 Å². The van der Waals surface area contributed by atoms with E-state index in [4.69, 9.17) is 9.05 Å². The van der Waals surface area contributed by atoms with Gasteiger partial charge in [0.05, 0.1) is 19.4 Å². The second-order valence-corrected chi connectivity index (χ2v) is 8.84. The van der Waals surface area contributed by atoms with Gasteiger partial charge in [-0.05, 0) is 31.6 Å². The van der Waals surface area contributed by atoms with Crippen molar-refractivity contribution in [3.05, 3.63) is 0 Å². The van der Waals surface area contributed by atoms with E-state index in [1.54, 1.807) is 0 Å². The fraction of sp³-hybridized carbons (Fsp3) is 1.00. The van der Waals surface area contributed by atoms with Crippen molar-refractivity contribution >= 4 is 7.60 Å². The monoisotopic (exact) mass is 334 g/mol. The fourth-order valence-electron chi connectivity index (χ4n) is 2.30. The molecule has 3 nitrogen and oxygen atoms in total. The van der Waals surface area contributed by atoms with Gasteiger partial charge in [0.2, 0.25) is 0 Å². The van der Waals surface area contributed by atoms with Crippen LogP contribution in [0.1, 0.15) is 91.9 Å². The average Bonchev–Trinajstić information content (AvgIpc) is 2.49. The summed E-state index contributed by atoms with van der Waals surface area (Å²) in [6, 6.07) is 0. The Labute approximate surface area is 139 Å². The van der Waals surface area contributed by atoms with Crippen LogP contribution in [0, 0.1) is 5.92 Å². The lowest BCUT2D eigenvalue weighted by atomic mass is 10.1. The largest absolute Gasteiger partial charge is 0.330 e. The summed E-state index contributed by atoms with van der Waals surface area (Å²) < 4.78 is 24.0. The molecule has 0 saturated carbocycles. The Balaban J connectivity index is 3.91. The molecule has 0 aromatic rings. The van der Waals surface area contributed by atoms with E-state index < -0.39 is 7.60 Å². The average molecular weight is 334 g/mol. The van der Waals surface area contributed by atoms with Crippen LogP contribution in [0.15, 0.2) is 0 Å². The second-order valence-electron chi connectivity index (χ2n) is 6.66. The topological polar surface area (TPSA) is 35.5 Å². The number of unbranched alkanes of at least 4 members (excludes halogenated alkanes) is 6. The van der Waals surface area contributed by atoms with Crippen LogP contribution in [-0.2, 0) is 13.6 Å². The Morgan fingerprint density at radius 3 is 1.91 bits per heavy atom. The lowest BCUT2D eigenvalue weighted by Gasteiger charge is -2.19. The SMILES string of the molecule is CCCCCCCCOP(=O)(CCCC)OCCCC(C)C. The standard InChI is InChI=1S/C18H39O3P/c1-5-7-9-10-11-12-15-20-22(19,17-8-6-2)21-16-13-14-18(3)4/h18H,5-17H2,1-4H3. The van der Waals surface area contributed by atoms with E-state index >= 15 is 0 Å². The van der Waals surface area contributed by atoms with Crippen molar-refractivity contribution in [3.63, 3.8) is 0 Å². The normalized spacial score (nSPS) is 14.4. The maximum absolute atomic E-state index is 12.7. The van der Waals surface area contributed by atoms with Crippen LogP contribution in [-0.4, -0.2) is 19.4 Å². The Bertz CT molecular complexity index is 280. The number of rotatable bonds is 16. The second kappa shape index (κ2) is 14.7. The first-order valence-electron chi connectivity index (χ1n) is 9.42. The molecule has 0 N–H and O–H groups in total. The molecule has 22 heavy (non-hydrogen) atoms. The van der Waals surface area contributed by atoms with Gasteiger partial charge in [-0.2, -0.15) is 0 Å². The van der Waals surface area contributed by atoms with Gasteiger partial charge in [0.1, 0.15) is 0 Å².